The number of nitrogens with one attached hydrogen (secondary N) is 1. The van der Waals surface area contributed by atoms with E-state index in [1.54, 1.807) is 6.92 Å². The van der Waals surface area contributed by atoms with Gasteiger partial charge in [-0.3, -0.25) is 0 Å². The van der Waals surface area contributed by atoms with Gasteiger partial charge in [0.15, 0.2) is 0 Å². The van der Waals surface area contributed by atoms with Crippen LogP contribution in [-0.2, 0) is 10.2 Å². The SMILES string of the molecule is Cc1nnc(-c2cnc(Oc3ccc(C(C)(C)c4ccc(OC5CC(NC(=O)OC(C)(C)C)C5)cc4)cc3)o2)o1. The van der Waals surface area contributed by atoms with E-state index >= 15 is 0 Å². The molecular formula is C30H34N4O6. The van der Waals surface area contributed by atoms with Crippen molar-refractivity contribution in [3.8, 4) is 29.2 Å². The number of ether oxygens (including phenoxy) is 3. The Morgan fingerprint density at radius 1 is 0.900 bits per heavy atom. The van der Waals surface area contributed by atoms with Gasteiger partial charge in [0, 0.05) is 31.2 Å². The van der Waals surface area contributed by atoms with E-state index in [0.717, 1.165) is 29.7 Å². The molecule has 0 saturated heterocycles. The van der Waals surface area contributed by atoms with Crippen LogP contribution in [0, 0.1) is 6.92 Å². The highest BCUT2D eigenvalue weighted by atomic mass is 16.6. The van der Waals surface area contributed by atoms with E-state index < -0.39 is 5.60 Å². The third-order valence-corrected chi connectivity index (χ3v) is 6.70. The highest BCUT2D eigenvalue weighted by molar-refractivity contribution is 5.68. The number of carbonyl (C=O) groups excluding carboxylic acids is 1. The van der Waals surface area contributed by atoms with Gasteiger partial charge in [0.1, 0.15) is 23.2 Å². The molecule has 10 nitrogen and oxygen atoms in total. The fourth-order valence-electron chi connectivity index (χ4n) is 4.40. The molecule has 2 heterocycles. The van der Waals surface area contributed by atoms with Gasteiger partial charge in [-0.05, 0) is 56.2 Å². The fraction of sp³-hybridized carbons (Fsp3) is 0.400. The molecule has 5 rings (SSSR count). The first-order chi connectivity index (χ1) is 18.9. The number of hydrogen-bond donors (Lipinski definition) is 1. The summed E-state index contributed by atoms with van der Waals surface area (Å²) in [4.78, 5) is 16.1. The highest BCUT2D eigenvalue weighted by Crippen LogP contribution is 2.35. The van der Waals surface area contributed by atoms with Crippen molar-refractivity contribution < 1.29 is 27.8 Å². The maximum Gasteiger partial charge on any atom is 0.407 e. The summed E-state index contributed by atoms with van der Waals surface area (Å²) in [7, 11) is 0. The van der Waals surface area contributed by atoms with Crippen LogP contribution in [0.5, 0.6) is 17.6 Å². The van der Waals surface area contributed by atoms with Gasteiger partial charge in [-0.1, -0.05) is 38.1 Å². The van der Waals surface area contributed by atoms with Crippen LogP contribution in [0.15, 0.2) is 63.6 Å². The Morgan fingerprint density at radius 2 is 1.52 bits per heavy atom. The van der Waals surface area contributed by atoms with E-state index in [1.165, 1.54) is 6.20 Å². The number of carbonyl (C=O) groups is 1. The molecule has 2 aromatic heterocycles. The molecule has 1 fully saturated rings. The molecule has 0 spiro atoms. The molecule has 2 aromatic carbocycles. The average Bonchev–Trinajstić information content (AvgIpc) is 3.51. The Morgan fingerprint density at radius 3 is 2.10 bits per heavy atom. The van der Waals surface area contributed by atoms with Gasteiger partial charge in [-0.15, -0.1) is 10.2 Å². The Bertz CT molecular complexity index is 1440. The van der Waals surface area contributed by atoms with Gasteiger partial charge in [0.05, 0.1) is 6.20 Å². The molecule has 1 aliphatic carbocycles. The number of nitrogens with zero attached hydrogens (tertiary/aromatic N) is 3. The second kappa shape index (κ2) is 10.7. The fourth-order valence-corrected chi connectivity index (χ4v) is 4.40. The average molecular weight is 547 g/mol. The molecule has 10 heteroatoms. The molecule has 0 bridgehead atoms. The number of hydrogen-bond acceptors (Lipinski definition) is 9. The predicted molar refractivity (Wildman–Crippen MR) is 146 cm³/mol. The number of alkyl carbamates (subject to hydrolysis) is 1. The molecule has 1 aliphatic rings. The highest BCUT2D eigenvalue weighted by Gasteiger charge is 2.33. The van der Waals surface area contributed by atoms with Crippen LogP contribution in [0.1, 0.15) is 64.5 Å². The molecule has 1 amide bonds. The lowest BCUT2D eigenvalue weighted by atomic mass is 9.78. The summed E-state index contributed by atoms with van der Waals surface area (Å²) in [5.74, 6) is 2.44. The standard InChI is InChI=1S/C30H34N4O6/c1-18-33-34-26(36-18)25-17-31-28(39-25)38-23-13-9-20(10-14-23)30(5,6)19-7-11-22(12-8-19)37-24-15-21(16-24)32-27(35)40-29(2,3)4/h7-14,17,21,24H,15-16H2,1-6H3,(H,32,35). The molecule has 0 unspecified atom stereocenters. The van der Waals surface area contributed by atoms with Gasteiger partial charge in [-0.2, -0.15) is 4.98 Å². The van der Waals surface area contributed by atoms with Crippen molar-refractivity contribution in [2.24, 2.45) is 0 Å². The number of oxazole rings is 1. The van der Waals surface area contributed by atoms with Crippen molar-refractivity contribution in [3.05, 3.63) is 71.7 Å². The Balaban J connectivity index is 1.14. The number of benzene rings is 2. The minimum Gasteiger partial charge on any atom is -0.490 e. The van der Waals surface area contributed by atoms with E-state index in [2.05, 4.69) is 46.5 Å². The Labute approximate surface area is 233 Å². The van der Waals surface area contributed by atoms with Crippen molar-refractivity contribution in [1.82, 2.24) is 20.5 Å². The van der Waals surface area contributed by atoms with Crippen molar-refractivity contribution in [3.63, 3.8) is 0 Å². The summed E-state index contributed by atoms with van der Waals surface area (Å²) in [6, 6.07) is 16.0. The van der Waals surface area contributed by atoms with Crippen LogP contribution in [0.25, 0.3) is 11.7 Å². The minimum atomic E-state index is -0.506. The van der Waals surface area contributed by atoms with Crippen LogP contribution in [0.3, 0.4) is 0 Å². The number of rotatable bonds is 8. The number of amides is 1. The van der Waals surface area contributed by atoms with Crippen LogP contribution in [-0.4, -0.2) is 39.0 Å². The van der Waals surface area contributed by atoms with Crippen LogP contribution in [0.2, 0.25) is 0 Å². The van der Waals surface area contributed by atoms with Crippen molar-refractivity contribution in [1.29, 1.82) is 0 Å². The molecule has 1 N–H and O–H groups in total. The Kier molecular flexibility index (Phi) is 7.27. The molecular weight excluding hydrogens is 512 g/mol. The van der Waals surface area contributed by atoms with Crippen molar-refractivity contribution in [2.75, 3.05) is 0 Å². The topological polar surface area (TPSA) is 122 Å². The summed E-state index contributed by atoms with van der Waals surface area (Å²) in [5.41, 5.74) is 1.52. The molecule has 210 valence electrons. The Hall–Kier alpha value is -4.34. The zero-order valence-electron chi connectivity index (χ0n) is 23.6. The minimum absolute atomic E-state index is 0.0715. The van der Waals surface area contributed by atoms with Crippen LogP contribution < -0.4 is 14.8 Å². The first-order valence-electron chi connectivity index (χ1n) is 13.3. The van der Waals surface area contributed by atoms with Gasteiger partial charge in [0.2, 0.25) is 11.7 Å². The van der Waals surface area contributed by atoms with Gasteiger partial charge >= 0.3 is 12.2 Å². The van der Waals surface area contributed by atoms with Gasteiger partial charge < -0.3 is 28.4 Å². The van der Waals surface area contributed by atoms with Crippen molar-refractivity contribution in [2.45, 2.75) is 77.5 Å². The smallest absolute Gasteiger partial charge is 0.407 e. The molecule has 0 atom stereocenters. The van der Waals surface area contributed by atoms with E-state index in [4.69, 9.17) is 23.0 Å². The molecule has 0 aliphatic heterocycles. The lowest BCUT2D eigenvalue weighted by Gasteiger charge is -2.36. The second-order valence-electron chi connectivity index (χ2n) is 11.4. The number of aromatic nitrogens is 3. The summed E-state index contributed by atoms with van der Waals surface area (Å²) in [5, 5.41) is 10.6. The summed E-state index contributed by atoms with van der Waals surface area (Å²) in [6.07, 6.45) is 2.77. The van der Waals surface area contributed by atoms with Crippen LogP contribution in [0.4, 0.5) is 4.79 Å². The first-order valence-corrected chi connectivity index (χ1v) is 13.3. The van der Waals surface area contributed by atoms with Crippen LogP contribution >= 0.6 is 0 Å². The lowest BCUT2D eigenvalue weighted by Crippen LogP contribution is -2.50. The monoisotopic (exact) mass is 546 g/mol. The normalized spacial score (nSPS) is 17.1. The molecule has 4 aromatic rings. The first kappa shape index (κ1) is 27.2. The maximum absolute atomic E-state index is 11.9. The third kappa shape index (κ3) is 6.44. The third-order valence-electron chi connectivity index (χ3n) is 6.70. The zero-order valence-corrected chi connectivity index (χ0v) is 23.6. The van der Waals surface area contributed by atoms with Gasteiger partial charge in [0.25, 0.3) is 5.89 Å². The zero-order chi connectivity index (χ0) is 28.5. The maximum atomic E-state index is 11.9. The van der Waals surface area contributed by atoms with E-state index in [-0.39, 0.29) is 35.6 Å². The summed E-state index contributed by atoms with van der Waals surface area (Å²) >= 11 is 0. The summed E-state index contributed by atoms with van der Waals surface area (Å²) in [6.45, 7) is 11.6. The lowest BCUT2D eigenvalue weighted by molar-refractivity contribution is 0.0363. The summed E-state index contributed by atoms with van der Waals surface area (Å²) < 4.78 is 28.1. The largest absolute Gasteiger partial charge is 0.490 e. The van der Waals surface area contributed by atoms with E-state index in [1.807, 2.05) is 57.2 Å². The van der Waals surface area contributed by atoms with Crippen molar-refractivity contribution >= 4 is 6.09 Å². The van der Waals surface area contributed by atoms with Gasteiger partial charge in [-0.25, -0.2) is 4.79 Å². The molecule has 0 radical (unpaired) electrons. The molecule has 1 saturated carbocycles. The second-order valence-corrected chi connectivity index (χ2v) is 11.4. The predicted octanol–water partition coefficient (Wildman–Crippen LogP) is 6.59. The molecule has 40 heavy (non-hydrogen) atoms. The number of aryl methyl sites for hydroxylation is 1. The van der Waals surface area contributed by atoms with E-state index in [0.29, 0.717) is 17.4 Å². The van der Waals surface area contributed by atoms with E-state index in [9.17, 15) is 4.79 Å². The quantitative estimate of drug-likeness (QED) is 0.261.